The van der Waals surface area contributed by atoms with Gasteiger partial charge in [0.15, 0.2) is 10.8 Å². The second-order valence-corrected chi connectivity index (χ2v) is 5.52. The Morgan fingerprint density at radius 2 is 1.84 bits per heavy atom. The van der Waals surface area contributed by atoms with Crippen LogP contribution in [0.15, 0.2) is 41.8 Å². The van der Waals surface area contributed by atoms with Gasteiger partial charge in [-0.2, -0.15) is 0 Å². The molecule has 0 atom stereocenters. The lowest BCUT2D eigenvalue weighted by molar-refractivity contribution is 0.101. The molecule has 0 fully saturated rings. The number of aryl methyl sites for hydroxylation is 1. The molecule has 0 spiro atoms. The van der Waals surface area contributed by atoms with E-state index in [0.29, 0.717) is 5.01 Å². The van der Waals surface area contributed by atoms with Crippen molar-refractivity contribution < 1.29 is 4.79 Å². The van der Waals surface area contributed by atoms with Gasteiger partial charge in [0.2, 0.25) is 0 Å². The molecule has 3 rings (SSSR count). The highest BCUT2D eigenvalue weighted by molar-refractivity contribution is 7.12. The van der Waals surface area contributed by atoms with Crippen LogP contribution in [-0.2, 0) is 0 Å². The van der Waals surface area contributed by atoms with E-state index in [2.05, 4.69) is 48.3 Å². The number of nitrogens with zero attached hydrogens (tertiary/aromatic N) is 1. The van der Waals surface area contributed by atoms with E-state index in [1.165, 1.54) is 27.7 Å². The number of aromatic nitrogens is 1. The Labute approximate surface area is 115 Å². The third-order valence-electron chi connectivity index (χ3n) is 3.10. The monoisotopic (exact) mass is 267 g/mol. The molecule has 19 heavy (non-hydrogen) atoms. The SMILES string of the molecule is CC(=O)c1nc(-c2ccc3cc(C)ccc3c2)cs1. The molecule has 2 nitrogen and oxygen atoms in total. The van der Waals surface area contributed by atoms with Crippen LogP contribution in [0.1, 0.15) is 22.3 Å². The summed E-state index contributed by atoms with van der Waals surface area (Å²) in [7, 11) is 0. The maximum absolute atomic E-state index is 11.3. The van der Waals surface area contributed by atoms with Crippen LogP contribution < -0.4 is 0 Å². The quantitative estimate of drug-likeness (QED) is 0.641. The van der Waals surface area contributed by atoms with Crippen molar-refractivity contribution in [2.24, 2.45) is 0 Å². The Morgan fingerprint density at radius 3 is 2.58 bits per heavy atom. The number of benzene rings is 2. The van der Waals surface area contributed by atoms with E-state index in [0.717, 1.165) is 11.3 Å². The largest absolute Gasteiger partial charge is 0.292 e. The predicted molar refractivity (Wildman–Crippen MR) is 79.8 cm³/mol. The lowest BCUT2D eigenvalue weighted by Crippen LogP contribution is -1.89. The zero-order valence-corrected chi connectivity index (χ0v) is 11.6. The average molecular weight is 267 g/mol. The first-order valence-corrected chi connectivity index (χ1v) is 6.99. The molecule has 0 N–H and O–H groups in total. The van der Waals surface area contributed by atoms with Crippen molar-refractivity contribution >= 4 is 27.9 Å². The lowest BCUT2D eigenvalue weighted by atomic mass is 10.0. The van der Waals surface area contributed by atoms with Crippen molar-refractivity contribution in [1.29, 1.82) is 0 Å². The molecule has 2 aromatic carbocycles. The first-order valence-electron chi connectivity index (χ1n) is 6.11. The maximum atomic E-state index is 11.3. The number of Topliss-reactive ketones (excluding diaryl/α,β-unsaturated/α-hetero) is 1. The van der Waals surface area contributed by atoms with Gasteiger partial charge in [-0.15, -0.1) is 11.3 Å². The molecule has 0 unspecified atom stereocenters. The smallest absolute Gasteiger partial charge is 0.188 e. The van der Waals surface area contributed by atoms with Gasteiger partial charge in [-0.3, -0.25) is 4.79 Å². The Balaban J connectivity index is 2.09. The fourth-order valence-electron chi connectivity index (χ4n) is 2.09. The van der Waals surface area contributed by atoms with Gasteiger partial charge < -0.3 is 0 Å². The number of hydrogen-bond donors (Lipinski definition) is 0. The van der Waals surface area contributed by atoms with E-state index in [1.807, 2.05) is 5.38 Å². The maximum Gasteiger partial charge on any atom is 0.188 e. The van der Waals surface area contributed by atoms with E-state index in [9.17, 15) is 4.79 Å². The molecule has 1 aromatic heterocycles. The summed E-state index contributed by atoms with van der Waals surface area (Å²) < 4.78 is 0. The number of rotatable bonds is 2. The molecule has 0 aliphatic rings. The lowest BCUT2D eigenvalue weighted by Gasteiger charge is -2.02. The highest BCUT2D eigenvalue weighted by atomic mass is 32.1. The molecular weight excluding hydrogens is 254 g/mol. The van der Waals surface area contributed by atoms with Gasteiger partial charge in [0.25, 0.3) is 0 Å². The van der Waals surface area contributed by atoms with Gasteiger partial charge >= 0.3 is 0 Å². The summed E-state index contributed by atoms with van der Waals surface area (Å²) in [6, 6.07) is 12.7. The topological polar surface area (TPSA) is 30.0 Å². The average Bonchev–Trinajstić information content (AvgIpc) is 2.88. The number of ketones is 1. The normalized spacial score (nSPS) is 10.8. The van der Waals surface area contributed by atoms with Crippen molar-refractivity contribution in [3.8, 4) is 11.3 Å². The molecule has 94 valence electrons. The van der Waals surface area contributed by atoms with E-state index in [4.69, 9.17) is 0 Å². The summed E-state index contributed by atoms with van der Waals surface area (Å²) in [4.78, 5) is 15.7. The second kappa shape index (κ2) is 4.59. The summed E-state index contributed by atoms with van der Waals surface area (Å²) in [6.07, 6.45) is 0. The Kier molecular flexibility index (Phi) is 2.91. The van der Waals surface area contributed by atoms with Crippen LogP contribution in [0.5, 0.6) is 0 Å². The fourth-order valence-corrected chi connectivity index (χ4v) is 2.82. The first kappa shape index (κ1) is 12.1. The number of thiazole rings is 1. The molecule has 0 saturated carbocycles. The summed E-state index contributed by atoms with van der Waals surface area (Å²) in [5.41, 5.74) is 3.19. The van der Waals surface area contributed by atoms with Crippen LogP contribution in [0, 0.1) is 6.92 Å². The molecule has 0 bridgehead atoms. The standard InChI is InChI=1S/C16H13NOS/c1-10-3-4-13-8-14(6-5-12(13)7-10)15-9-19-16(17-15)11(2)18/h3-9H,1-2H3. The van der Waals surface area contributed by atoms with Crippen LogP contribution in [0.2, 0.25) is 0 Å². The van der Waals surface area contributed by atoms with Gasteiger partial charge in [-0.25, -0.2) is 4.98 Å². The van der Waals surface area contributed by atoms with Gasteiger partial charge in [0.05, 0.1) is 5.69 Å². The highest BCUT2D eigenvalue weighted by Gasteiger charge is 2.08. The summed E-state index contributed by atoms with van der Waals surface area (Å²) in [5.74, 6) is 0.0210. The second-order valence-electron chi connectivity index (χ2n) is 4.66. The minimum Gasteiger partial charge on any atom is -0.292 e. The molecule has 0 aliphatic heterocycles. The summed E-state index contributed by atoms with van der Waals surface area (Å²) in [5, 5.41) is 4.93. The van der Waals surface area contributed by atoms with Crippen LogP contribution in [0.4, 0.5) is 0 Å². The Morgan fingerprint density at radius 1 is 1.11 bits per heavy atom. The van der Waals surface area contributed by atoms with Crippen LogP contribution in [-0.4, -0.2) is 10.8 Å². The van der Waals surface area contributed by atoms with Gasteiger partial charge in [-0.05, 0) is 23.8 Å². The van der Waals surface area contributed by atoms with Gasteiger partial charge in [0, 0.05) is 17.9 Å². The van der Waals surface area contributed by atoms with Crippen molar-refractivity contribution in [2.45, 2.75) is 13.8 Å². The summed E-state index contributed by atoms with van der Waals surface area (Å²) >= 11 is 1.40. The molecule has 0 saturated heterocycles. The van der Waals surface area contributed by atoms with Crippen LogP contribution in [0.25, 0.3) is 22.0 Å². The van der Waals surface area contributed by atoms with E-state index < -0.39 is 0 Å². The van der Waals surface area contributed by atoms with Gasteiger partial charge in [0.1, 0.15) is 0 Å². The highest BCUT2D eigenvalue weighted by Crippen LogP contribution is 2.26. The zero-order chi connectivity index (χ0) is 13.4. The minimum absolute atomic E-state index is 0.0210. The molecule has 3 heteroatoms. The minimum atomic E-state index is 0.0210. The first-order chi connectivity index (χ1) is 9.13. The van der Waals surface area contributed by atoms with E-state index in [-0.39, 0.29) is 5.78 Å². The number of fused-ring (bicyclic) bond motifs is 1. The molecule has 3 aromatic rings. The van der Waals surface area contributed by atoms with Crippen LogP contribution in [0.3, 0.4) is 0 Å². The zero-order valence-electron chi connectivity index (χ0n) is 10.8. The predicted octanol–water partition coefficient (Wildman–Crippen LogP) is 4.47. The van der Waals surface area contributed by atoms with Crippen molar-refractivity contribution in [2.75, 3.05) is 0 Å². The van der Waals surface area contributed by atoms with E-state index >= 15 is 0 Å². The third kappa shape index (κ3) is 2.29. The number of hydrogen-bond acceptors (Lipinski definition) is 3. The van der Waals surface area contributed by atoms with Gasteiger partial charge in [-0.1, -0.05) is 35.9 Å². The van der Waals surface area contributed by atoms with Crippen molar-refractivity contribution in [1.82, 2.24) is 4.98 Å². The Hall–Kier alpha value is -2.00. The molecule has 0 radical (unpaired) electrons. The summed E-state index contributed by atoms with van der Waals surface area (Å²) in [6.45, 7) is 3.64. The number of carbonyl (C=O) groups excluding carboxylic acids is 1. The van der Waals surface area contributed by atoms with Crippen LogP contribution >= 0.6 is 11.3 Å². The van der Waals surface area contributed by atoms with Crippen molar-refractivity contribution in [3.05, 3.63) is 52.3 Å². The third-order valence-corrected chi connectivity index (χ3v) is 4.04. The van der Waals surface area contributed by atoms with E-state index in [1.54, 1.807) is 6.92 Å². The fraction of sp³-hybridized carbons (Fsp3) is 0.125. The van der Waals surface area contributed by atoms with Crippen molar-refractivity contribution in [3.63, 3.8) is 0 Å². The molecule has 0 amide bonds. The Bertz CT molecular complexity index is 773. The number of carbonyl (C=O) groups is 1. The molecule has 0 aliphatic carbocycles. The molecule has 1 heterocycles. The molecular formula is C16H13NOS.